The number of unbranched alkanes of at least 4 members (excludes halogenated alkanes) is 11. The first-order valence-corrected chi connectivity index (χ1v) is 13.1. The molecule has 0 aromatic heterocycles. The maximum atomic E-state index is 11.9. The summed E-state index contributed by atoms with van der Waals surface area (Å²) in [5, 5.41) is 11.8. The van der Waals surface area contributed by atoms with Crippen molar-refractivity contribution in [2.45, 2.75) is 122 Å². The van der Waals surface area contributed by atoms with Gasteiger partial charge >= 0.3 is 5.97 Å². The van der Waals surface area contributed by atoms with Gasteiger partial charge in [-0.3, -0.25) is 4.79 Å². The SMILES string of the molecule is CCCCCCCCCOCCC=CCCCCCCC(=O)NC(CCCCN)C(=O)O. The largest absolute Gasteiger partial charge is 0.480 e. The van der Waals surface area contributed by atoms with Gasteiger partial charge < -0.3 is 20.9 Å². The minimum atomic E-state index is -0.967. The third kappa shape index (κ3) is 21.8. The molecule has 0 heterocycles. The summed E-state index contributed by atoms with van der Waals surface area (Å²) in [5.41, 5.74) is 5.43. The fourth-order valence-electron chi connectivity index (χ4n) is 3.57. The minimum Gasteiger partial charge on any atom is -0.480 e. The minimum absolute atomic E-state index is 0.165. The average Bonchev–Trinajstić information content (AvgIpc) is 2.77. The van der Waals surface area contributed by atoms with Gasteiger partial charge in [-0.05, 0) is 57.9 Å². The van der Waals surface area contributed by atoms with Crippen molar-refractivity contribution in [1.82, 2.24) is 5.32 Å². The molecule has 4 N–H and O–H groups in total. The second-order valence-corrected chi connectivity index (χ2v) is 8.69. The van der Waals surface area contributed by atoms with Crippen LogP contribution in [0.3, 0.4) is 0 Å². The molecule has 0 aliphatic rings. The molecule has 6 heteroatoms. The molecule has 0 rings (SSSR count). The van der Waals surface area contributed by atoms with E-state index in [1.54, 1.807) is 0 Å². The Kier molecular flexibility index (Phi) is 23.2. The van der Waals surface area contributed by atoms with Gasteiger partial charge in [0.2, 0.25) is 5.91 Å². The predicted octanol–water partition coefficient (Wildman–Crippen LogP) is 5.74. The zero-order chi connectivity index (χ0) is 23.7. The van der Waals surface area contributed by atoms with Crippen LogP contribution in [0, 0.1) is 0 Å². The molecule has 188 valence electrons. The highest BCUT2D eigenvalue weighted by atomic mass is 16.5. The smallest absolute Gasteiger partial charge is 0.326 e. The van der Waals surface area contributed by atoms with E-state index in [2.05, 4.69) is 24.4 Å². The van der Waals surface area contributed by atoms with Crippen LogP contribution in [-0.4, -0.2) is 42.8 Å². The van der Waals surface area contributed by atoms with E-state index >= 15 is 0 Å². The molecule has 0 fully saturated rings. The lowest BCUT2D eigenvalue weighted by Crippen LogP contribution is -2.40. The first-order valence-electron chi connectivity index (χ1n) is 13.1. The number of carbonyl (C=O) groups is 2. The van der Waals surface area contributed by atoms with E-state index in [1.807, 2.05) is 0 Å². The number of carboxylic acids is 1. The number of amides is 1. The molecule has 0 aliphatic heterocycles. The summed E-state index contributed by atoms with van der Waals surface area (Å²) in [6.45, 7) is 4.49. The monoisotopic (exact) mass is 454 g/mol. The molecule has 1 amide bonds. The topological polar surface area (TPSA) is 102 Å². The Morgan fingerprint density at radius 2 is 1.50 bits per heavy atom. The van der Waals surface area contributed by atoms with Crippen LogP contribution in [0.4, 0.5) is 0 Å². The molecule has 0 radical (unpaired) electrons. The van der Waals surface area contributed by atoms with E-state index in [-0.39, 0.29) is 5.91 Å². The van der Waals surface area contributed by atoms with Crippen molar-refractivity contribution >= 4 is 11.9 Å². The quantitative estimate of drug-likeness (QED) is 0.127. The van der Waals surface area contributed by atoms with Gasteiger partial charge in [0.05, 0.1) is 6.61 Å². The van der Waals surface area contributed by atoms with Crippen molar-refractivity contribution in [2.24, 2.45) is 5.73 Å². The van der Waals surface area contributed by atoms with E-state index in [0.717, 1.165) is 58.2 Å². The van der Waals surface area contributed by atoms with E-state index in [0.29, 0.717) is 25.8 Å². The van der Waals surface area contributed by atoms with Crippen molar-refractivity contribution in [3.8, 4) is 0 Å². The predicted molar refractivity (Wildman–Crippen MR) is 133 cm³/mol. The van der Waals surface area contributed by atoms with E-state index < -0.39 is 12.0 Å². The molecule has 0 aliphatic carbocycles. The van der Waals surface area contributed by atoms with Gasteiger partial charge in [-0.25, -0.2) is 4.79 Å². The highest BCUT2D eigenvalue weighted by Gasteiger charge is 2.18. The first-order chi connectivity index (χ1) is 15.6. The maximum Gasteiger partial charge on any atom is 0.326 e. The summed E-state index contributed by atoms with van der Waals surface area (Å²) in [5.74, 6) is -1.13. The Balaban J connectivity index is 3.45. The van der Waals surface area contributed by atoms with Crippen LogP contribution in [0.1, 0.15) is 116 Å². The van der Waals surface area contributed by atoms with Crippen molar-refractivity contribution in [1.29, 1.82) is 0 Å². The van der Waals surface area contributed by atoms with Gasteiger partial charge in [0.25, 0.3) is 0 Å². The van der Waals surface area contributed by atoms with Crippen LogP contribution in [0.5, 0.6) is 0 Å². The second kappa shape index (κ2) is 24.2. The van der Waals surface area contributed by atoms with Crippen molar-refractivity contribution in [3.05, 3.63) is 12.2 Å². The fraction of sp³-hybridized carbons (Fsp3) is 0.846. The van der Waals surface area contributed by atoms with Gasteiger partial charge in [0.15, 0.2) is 0 Å². The van der Waals surface area contributed by atoms with E-state index in [4.69, 9.17) is 10.5 Å². The van der Waals surface area contributed by atoms with Crippen LogP contribution in [0.15, 0.2) is 12.2 Å². The molecule has 0 saturated carbocycles. The van der Waals surface area contributed by atoms with Crippen molar-refractivity contribution < 1.29 is 19.4 Å². The summed E-state index contributed by atoms with van der Waals surface area (Å²) in [7, 11) is 0. The Morgan fingerprint density at radius 3 is 2.22 bits per heavy atom. The number of carboxylic acid groups (broad SMARTS) is 1. The van der Waals surface area contributed by atoms with Gasteiger partial charge in [-0.15, -0.1) is 0 Å². The fourth-order valence-corrected chi connectivity index (χ4v) is 3.57. The number of carbonyl (C=O) groups excluding carboxylic acids is 1. The Labute approximate surface area is 196 Å². The highest BCUT2D eigenvalue weighted by molar-refractivity contribution is 5.83. The second-order valence-electron chi connectivity index (χ2n) is 8.69. The average molecular weight is 455 g/mol. The van der Waals surface area contributed by atoms with Crippen LogP contribution in [0.2, 0.25) is 0 Å². The summed E-state index contributed by atoms with van der Waals surface area (Å²) in [4.78, 5) is 23.2. The number of rotatable bonds is 24. The lowest BCUT2D eigenvalue weighted by atomic mass is 10.1. The lowest BCUT2D eigenvalue weighted by Gasteiger charge is -2.14. The number of aliphatic carboxylic acids is 1. The number of nitrogens with one attached hydrogen (secondary N) is 1. The van der Waals surface area contributed by atoms with Gasteiger partial charge in [0.1, 0.15) is 6.04 Å². The number of hydrogen-bond acceptors (Lipinski definition) is 4. The zero-order valence-electron chi connectivity index (χ0n) is 20.6. The molecule has 1 unspecified atom stereocenters. The summed E-state index contributed by atoms with van der Waals surface area (Å²) in [6, 6.07) is -0.793. The Morgan fingerprint density at radius 1 is 0.844 bits per heavy atom. The van der Waals surface area contributed by atoms with E-state index in [9.17, 15) is 14.7 Å². The van der Waals surface area contributed by atoms with Gasteiger partial charge in [-0.1, -0.05) is 70.4 Å². The molecule has 0 bridgehead atoms. The molecule has 0 aromatic carbocycles. The van der Waals surface area contributed by atoms with Crippen molar-refractivity contribution in [2.75, 3.05) is 19.8 Å². The van der Waals surface area contributed by atoms with Gasteiger partial charge in [0, 0.05) is 13.0 Å². The normalized spacial score (nSPS) is 12.3. The molecule has 6 nitrogen and oxygen atoms in total. The van der Waals surface area contributed by atoms with Crippen molar-refractivity contribution in [3.63, 3.8) is 0 Å². The summed E-state index contributed by atoms with van der Waals surface area (Å²) < 4.78 is 5.68. The molecular weight excluding hydrogens is 404 g/mol. The Hall–Kier alpha value is -1.40. The first kappa shape index (κ1) is 30.6. The van der Waals surface area contributed by atoms with Crippen LogP contribution >= 0.6 is 0 Å². The standard InChI is InChI=1S/C26H50N2O4/c1-2-3-4-5-9-12-17-22-32-23-18-13-10-7-6-8-11-14-20-25(29)28-24(26(30)31)19-15-16-21-27/h10,13,24H,2-9,11-12,14-23,27H2,1H3,(H,28,29)(H,30,31). The maximum absolute atomic E-state index is 11.9. The molecule has 1 atom stereocenters. The summed E-state index contributed by atoms with van der Waals surface area (Å²) in [6.07, 6.45) is 22.0. The van der Waals surface area contributed by atoms with E-state index in [1.165, 1.54) is 44.9 Å². The van der Waals surface area contributed by atoms with Crippen LogP contribution < -0.4 is 11.1 Å². The van der Waals surface area contributed by atoms with Crippen LogP contribution in [0.25, 0.3) is 0 Å². The number of nitrogens with two attached hydrogens (primary N) is 1. The zero-order valence-corrected chi connectivity index (χ0v) is 20.6. The molecule has 32 heavy (non-hydrogen) atoms. The number of ether oxygens (including phenoxy) is 1. The van der Waals surface area contributed by atoms with Crippen LogP contribution in [-0.2, 0) is 14.3 Å². The highest BCUT2D eigenvalue weighted by Crippen LogP contribution is 2.08. The number of hydrogen-bond donors (Lipinski definition) is 3. The third-order valence-electron chi connectivity index (χ3n) is 5.59. The molecular formula is C26H50N2O4. The lowest BCUT2D eigenvalue weighted by molar-refractivity contribution is -0.142. The molecule has 0 aromatic rings. The molecule has 0 spiro atoms. The number of allylic oxidation sites excluding steroid dienone is 1. The third-order valence-corrected chi connectivity index (χ3v) is 5.59. The Bertz CT molecular complexity index is 469. The van der Waals surface area contributed by atoms with Gasteiger partial charge in [-0.2, -0.15) is 0 Å². The molecule has 0 saturated heterocycles. The summed E-state index contributed by atoms with van der Waals surface area (Å²) >= 11 is 0.